The van der Waals surface area contributed by atoms with Crippen molar-refractivity contribution >= 4 is 17.2 Å². The lowest BCUT2D eigenvalue weighted by molar-refractivity contribution is -0.139. The number of nitrogens with one attached hydrogen (secondary N) is 1. The van der Waals surface area contributed by atoms with Crippen LogP contribution in [-0.4, -0.2) is 29.6 Å². The van der Waals surface area contributed by atoms with Crippen molar-refractivity contribution in [3.63, 3.8) is 0 Å². The number of carbonyl (C=O) groups is 1. The molecule has 1 amide bonds. The monoisotopic (exact) mass is 280 g/mol. The maximum Gasteiger partial charge on any atom is 0.251 e. The molecule has 2 aliphatic rings. The molecule has 1 aromatic heterocycles. The third kappa shape index (κ3) is 2.67. The van der Waals surface area contributed by atoms with E-state index in [2.05, 4.69) is 10.3 Å². The van der Waals surface area contributed by atoms with E-state index in [0.29, 0.717) is 13.2 Å². The van der Waals surface area contributed by atoms with Crippen molar-refractivity contribution in [2.75, 3.05) is 13.2 Å². The van der Waals surface area contributed by atoms with Crippen LogP contribution < -0.4 is 5.32 Å². The molecule has 0 bridgehead atoms. The van der Waals surface area contributed by atoms with Gasteiger partial charge in [0.2, 0.25) is 0 Å². The molecule has 1 aliphatic carbocycles. The van der Waals surface area contributed by atoms with Gasteiger partial charge in [0.05, 0.1) is 10.7 Å². The summed E-state index contributed by atoms with van der Waals surface area (Å²) in [6, 6.07) is 0. The fraction of sp³-hybridized carbons (Fsp3) is 0.714. The average Bonchev–Trinajstić information content (AvgIpc) is 3.04. The summed E-state index contributed by atoms with van der Waals surface area (Å²) in [7, 11) is 0. The van der Waals surface area contributed by atoms with Gasteiger partial charge >= 0.3 is 0 Å². The molecule has 3 rings (SSSR count). The minimum Gasteiger partial charge on any atom is -0.365 e. The highest BCUT2D eigenvalue weighted by atomic mass is 32.1. The van der Waals surface area contributed by atoms with Crippen molar-refractivity contribution < 1.29 is 9.53 Å². The van der Waals surface area contributed by atoms with Gasteiger partial charge < -0.3 is 10.1 Å². The summed E-state index contributed by atoms with van der Waals surface area (Å²) in [6.45, 7) is 3.24. The minimum atomic E-state index is -0.607. The molecule has 1 saturated heterocycles. The van der Waals surface area contributed by atoms with Crippen LogP contribution in [0.25, 0.3) is 0 Å². The summed E-state index contributed by atoms with van der Waals surface area (Å²) >= 11 is 1.81. The van der Waals surface area contributed by atoms with Crippen LogP contribution in [0.4, 0.5) is 0 Å². The molecule has 2 heterocycles. The molecule has 0 spiro atoms. The van der Waals surface area contributed by atoms with Crippen molar-refractivity contribution in [3.05, 3.63) is 15.6 Å². The molecule has 5 heteroatoms. The quantitative estimate of drug-likeness (QED) is 0.916. The maximum atomic E-state index is 12.0. The van der Waals surface area contributed by atoms with Crippen LogP contribution in [0, 0.1) is 0 Å². The molecule has 0 saturated carbocycles. The Hall–Kier alpha value is -0.940. The SMILES string of the molecule is CC1(C(=O)NCCc2nc3c(s2)CCC3)CCCO1. The van der Waals surface area contributed by atoms with Gasteiger partial charge in [-0.15, -0.1) is 11.3 Å². The predicted octanol–water partition coefficient (Wildman–Crippen LogP) is 1.86. The summed E-state index contributed by atoms with van der Waals surface area (Å²) in [6.07, 6.45) is 6.20. The van der Waals surface area contributed by atoms with Gasteiger partial charge in [0.25, 0.3) is 5.91 Å². The Kier molecular flexibility index (Phi) is 3.58. The Balaban J connectivity index is 1.48. The van der Waals surface area contributed by atoms with E-state index in [1.54, 1.807) is 0 Å². The molecule has 1 aliphatic heterocycles. The number of hydrogen-bond acceptors (Lipinski definition) is 4. The number of amides is 1. The summed E-state index contributed by atoms with van der Waals surface area (Å²) in [5.74, 6) is 0.0223. The molecule has 1 unspecified atom stereocenters. The van der Waals surface area contributed by atoms with E-state index in [1.807, 2.05) is 18.3 Å². The normalized spacial score (nSPS) is 25.5. The fourth-order valence-corrected chi connectivity index (χ4v) is 3.94. The number of carbonyl (C=O) groups excluding carboxylic acids is 1. The molecule has 4 nitrogen and oxygen atoms in total. The summed E-state index contributed by atoms with van der Waals surface area (Å²) in [4.78, 5) is 18.1. The number of aromatic nitrogens is 1. The van der Waals surface area contributed by atoms with E-state index in [0.717, 1.165) is 30.7 Å². The van der Waals surface area contributed by atoms with E-state index in [4.69, 9.17) is 4.74 Å². The highest BCUT2D eigenvalue weighted by molar-refractivity contribution is 7.11. The van der Waals surface area contributed by atoms with E-state index in [1.165, 1.54) is 23.4 Å². The maximum absolute atomic E-state index is 12.0. The molecule has 1 atom stereocenters. The second kappa shape index (κ2) is 5.21. The zero-order valence-corrected chi connectivity index (χ0v) is 12.1. The largest absolute Gasteiger partial charge is 0.365 e. The number of nitrogens with zero attached hydrogens (tertiary/aromatic N) is 1. The topological polar surface area (TPSA) is 51.2 Å². The van der Waals surface area contributed by atoms with E-state index < -0.39 is 5.60 Å². The minimum absolute atomic E-state index is 0.0223. The Bertz CT molecular complexity index is 456. The first-order chi connectivity index (χ1) is 9.17. The second-order valence-corrected chi connectivity index (χ2v) is 6.69. The number of ether oxygens (including phenoxy) is 1. The molecule has 1 N–H and O–H groups in total. The lowest BCUT2D eigenvalue weighted by Gasteiger charge is -2.21. The van der Waals surface area contributed by atoms with Gasteiger partial charge in [0.15, 0.2) is 0 Å². The number of fused-ring (bicyclic) bond motifs is 1. The average molecular weight is 280 g/mol. The van der Waals surface area contributed by atoms with Crippen molar-refractivity contribution in [3.8, 4) is 0 Å². The van der Waals surface area contributed by atoms with Crippen molar-refractivity contribution in [2.24, 2.45) is 0 Å². The smallest absolute Gasteiger partial charge is 0.251 e. The van der Waals surface area contributed by atoms with Crippen molar-refractivity contribution in [2.45, 2.75) is 51.0 Å². The predicted molar refractivity (Wildman–Crippen MR) is 74.4 cm³/mol. The van der Waals surface area contributed by atoms with Crippen LogP contribution in [-0.2, 0) is 28.8 Å². The van der Waals surface area contributed by atoms with Crippen LogP contribution in [0.1, 0.15) is 41.8 Å². The fourth-order valence-electron chi connectivity index (χ4n) is 2.78. The molecular formula is C14H20N2O2S. The molecule has 1 fully saturated rings. The lowest BCUT2D eigenvalue weighted by atomic mass is 10.0. The lowest BCUT2D eigenvalue weighted by Crippen LogP contribution is -2.44. The van der Waals surface area contributed by atoms with Gasteiger partial charge in [-0.1, -0.05) is 0 Å². The number of hydrogen-bond donors (Lipinski definition) is 1. The Labute approximate surface area is 117 Å². The first-order valence-electron chi connectivity index (χ1n) is 7.07. The van der Waals surface area contributed by atoms with Crippen LogP contribution in [0.5, 0.6) is 0 Å². The molecule has 104 valence electrons. The number of aryl methyl sites for hydroxylation is 2. The van der Waals surface area contributed by atoms with Gasteiger partial charge in [-0.05, 0) is 39.0 Å². The van der Waals surface area contributed by atoms with Gasteiger partial charge in [-0.25, -0.2) is 4.98 Å². The van der Waals surface area contributed by atoms with Gasteiger partial charge in [-0.2, -0.15) is 0 Å². The van der Waals surface area contributed by atoms with E-state index in [9.17, 15) is 4.79 Å². The van der Waals surface area contributed by atoms with Gasteiger partial charge in [-0.3, -0.25) is 4.79 Å². The first-order valence-corrected chi connectivity index (χ1v) is 7.89. The Morgan fingerprint density at radius 2 is 2.37 bits per heavy atom. The van der Waals surface area contributed by atoms with Crippen LogP contribution in [0.15, 0.2) is 0 Å². The third-order valence-corrected chi connectivity index (χ3v) is 5.18. The summed E-state index contributed by atoms with van der Waals surface area (Å²) in [5, 5.41) is 4.14. The zero-order valence-electron chi connectivity index (χ0n) is 11.3. The van der Waals surface area contributed by atoms with Crippen molar-refractivity contribution in [1.29, 1.82) is 0 Å². The molecule has 0 aromatic carbocycles. The van der Waals surface area contributed by atoms with Crippen molar-refractivity contribution in [1.82, 2.24) is 10.3 Å². The Morgan fingerprint density at radius 3 is 3.11 bits per heavy atom. The second-order valence-electron chi connectivity index (χ2n) is 5.52. The molecule has 19 heavy (non-hydrogen) atoms. The first kappa shape index (κ1) is 13.1. The third-order valence-electron chi connectivity index (χ3n) is 3.96. The van der Waals surface area contributed by atoms with Gasteiger partial charge in [0.1, 0.15) is 5.60 Å². The highest BCUT2D eigenvalue weighted by Crippen LogP contribution is 2.28. The van der Waals surface area contributed by atoms with Crippen LogP contribution >= 0.6 is 11.3 Å². The number of thiazole rings is 1. The van der Waals surface area contributed by atoms with Crippen LogP contribution in [0.3, 0.4) is 0 Å². The standard InChI is InChI=1S/C14H20N2O2S/c1-14(7-3-9-18-14)13(17)15-8-6-12-16-10-4-2-5-11(10)19-12/h2-9H2,1H3,(H,15,17). The Morgan fingerprint density at radius 1 is 1.47 bits per heavy atom. The highest BCUT2D eigenvalue weighted by Gasteiger charge is 2.37. The molecule has 1 aromatic rings. The molecule has 0 radical (unpaired) electrons. The molecular weight excluding hydrogens is 260 g/mol. The van der Waals surface area contributed by atoms with E-state index >= 15 is 0 Å². The van der Waals surface area contributed by atoms with E-state index in [-0.39, 0.29) is 5.91 Å². The zero-order chi connectivity index (χ0) is 13.3. The summed E-state index contributed by atoms with van der Waals surface area (Å²) in [5.41, 5.74) is 0.683. The van der Waals surface area contributed by atoms with Gasteiger partial charge in [0, 0.05) is 24.4 Å². The summed E-state index contributed by atoms with van der Waals surface area (Å²) < 4.78 is 5.53. The number of rotatable bonds is 4. The van der Waals surface area contributed by atoms with Crippen LogP contribution in [0.2, 0.25) is 0 Å².